The van der Waals surface area contributed by atoms with Gasteiger partial charge in [-0.15, -0.1) is 0 Å². The zero-order valence-corrected chi connectivity index (χ0v) is 14.8. The van der Waals surface area contributed by atoms with E-state index in [1.54, 1.807) is 0 Å². The third-order valence-corrected chi connectivity index (χ3v) is 3.53. The summed E-state index contributed by atoms with van der Waals surface area (Å²) in [5, 5.41) is 0. The number of rotatable bonds is 6. The highest BCUT2D eigenvalue weighted by molar-refractivity contribution is 5.60. The van der Waals surface area contributed by atoms with Gasteiger partial charge in [0.1, 0.15) is 0 Å². The van der Waals surface area contributed by atoms with Crippen LogP contribution in [0.3, 0.4) is 0 Å². The summed E-state index contributed by atoms with van der Waals surface area (Å²) < 4.78 is 57.8. The van der Waals surface area contributed by atoms with Crippen molar-refractivity contribution in [1.29, 1.82) is 0 Å². The summed E-state index contributed by atoms with van der Waals surface area (Å²) in [6, 6.07) is 5.21. The Bertz CT molecular complexity index is 757. The molecule has 0 aliphatic carbocycles. The molecule has 8 heteroatoms. The molecule has 0 unspecified atom stereocenters. The highest BCUT2D eigenvalue weighted by Gasteiger charge is 2.34. The monoisotopic (exact) mass is 371 g/mol. The number of alkyl halides is 3. The van der Waals surface area contributed by atoms with Crippen molar-refractivity contribution in [3.8, 4) is 17.0 Å². The van der Waals surface area contributed by atoms with E-state index >= 15 is 0 Å². The first-order valence-corrected chi connectivity index (χ1v) is 8.07. The van der Waals surface area contributed by atoms with Gasteiger partial charge in [-0.05, 0) is 50.5 Å². The molecule has 0 amide bonds. The molecule has 0 saturated carbocycles. The Labute approximate surface area is 149 Å². The summed E-state index contributed by atoms with van der Waals surface area (Å²) in [6.45, 7) is 6.02. The summed E-state index contributed by atoms with van der Waals surface area (Å²) in [6.07, 6.45) is -2.97. The number of benzene rings is 1. The lowest BCUT2D eigenvalue weighted by atomic mass is 9.93. The summed E-state index contributed by atoms with van der Waals surface area (Å²) in [5.74, 6) is -1.80. The van der Waals surface area contributed by atoms with E-state index in [9.17, 15) is 17.6 Å². The number of nitrogens with two attached hydrogens (primary N) is 1. The third-order valence-electron chi connectivity index (χ3n) is 3.53. The van der Waals surface area contributed by atoms with E-state index in [2.05, 4.69) is 9.97 Å². The first-order chi connectivity index (χ1) is 12.0. The van der Waals surface area contributed by atoms with Crippen LogP contribution in [0.2, 0.25) is 0 Å². The van der Waals surface area contributed by atoms with Crippen LogP contribution < -0.4 is 10.5 Å². The van der Waals surface area contributed by atoms with E-state index in [0.29, 0.717) is 6.42 Å². The zero-order chi connectivity index (χ0) is 19.5. The lowest BCUT2D eigenvalue weighted by Crippen LogP contribution is -2.35. The van der Waals surface area contributed by atoms with Crippen LogP contribution in [-0.4, -0.2) is 22.1 Å². The Morgan fingerprint density at radius 1 is 1.19 bits per heavy atom. The van der Waals surface area contributed by atoms with Crippen LogP contribution in [-0.2, 0) is 6.18 Å². The van der Waals surface area contributed by atoms with Gasteiger partial charge < -0.3 is 10.5 Å². The first-order valence-electron chi connectivity index (χ1n) is 8.07. The van der Waals surface area contributed by atoms with Crippen molar-refractivity contribution >= 4 is 0 Å². The Balaban J connectivity index is 2.12. The second kappa shape index (κ2) is 7.57. The summed E-state index contributed by atoms with van der Waals surface area (Å²) >= 11 is 0. The average molecular weight is 371 g/mol. The molecule has 0 saturated heterocycles. The van der Waals surface area contributed by atoms with Gasteiger partial charge in [0.2, 0.25) is 5.82 Å². The quantitative estimate of drug-likeness (QED) is 0.763. The SMILES string of the molecule is C[C@H](COc1ccc(-c2ccnc(C(F)(F)F)n2)cc1F)CC(C)(C)N. The van der Waals surface area contributed by atoms with Gasteiger partial charge in [0.15, 0.2) is 11.6 Å². The molecule has 142 valence electrons. The molecule has 4 nitrogen and oxygen atoms in total. The second-order valence-electron chi connectivity index (χ2n) is 7.02. The van der Waals surface area contributed by atoms with Crippen molar-refractivity contribution in [2.24, 2.45) is 11.7 Å². The number of ether oxygens (including phenoxy) is 1. The summed E-state index contributed by atoms with van der Waals surface area (Å²) in [7, 11) is 0. The molecular weight excluding hydrogens is 350 g/mol. The van der Waals surface area contributed by atoms with Crippen molar-refractivity contribution in [1.82, 2.24) is 9.97 Å². The molecule has 2 rings (SSSR count). The Kier molecular flexibility index (Phi) is 5.85. The lowest BCUT2D eigenvalue weighted by Gasteiger charge is -2.23. The molecule has 2 aromatic rings. The summed E-state index contributed by atoms with van der Waals surface area (Å²) in [5.41, 5.74) is 5.78. The third kappa shape index (κ3) is 5.66. The molecule has 0 radical (unpaired) electrons. The fraction of sp³-hybridized carbons (Fsp3) is 0.444. The van der Waals surface area contributed by atoms with Crippen LogP contribution in [0.1, 0.15) is 33.0 Å². The Hall–Kier alpha value is -2.22. The maximum absolute atomic E-state index is 14.2. The van der Waals surface area contributed by atoms with Gasteiger partial charge in [-0.3, -0.25) is 0 Å². The van der Waals surface area contributed by atoms with E-state index in [1.807, 2.05) is 20.8 Å². The van der Waals surface area contributed by atoms with Crippen molar-refractivity contribution in [3.63, 3.8) is 0 Å². The van der Waals surface area contributed by atoms with Crippen molar-refractivity contribution < 1.29 is 22.3 Å². The molecule has 0 bridgehead atoms. The number of hydrogen-bond acceptors (Lipinski definition) is 4. The second-order valence-corrected chi connectivity index (χ2v) is 7.02. The molecule has 1 aromatic heterocycles. The maximum Gasteiger partial charge on any atom is 0.451 e. The molecule has 0 spiro atoms. The number of aromatic nitrogens is 2. The molecule has 1 atom stereocenters. The zero-order valence-electron chi connectivity index (χ0n) is 14.8. The Morgan fingerprint density at radius 3 is 2.46 bits per heavy atom. The Morgan fingerprint density at radius 2 is 1.88 bits per heavy atom. The molecule has 0 aliphatic heterocycles. The number of halogens is 4. The maximum atomic E-state index is 14.2. The standard InChI is InChI=1S/C18H21F4N3O/c1-11(9-17(2,3)23)10-26-15-5-4-12(8-13(15)19)14-6-7-24-16(25-14)18(20,21)22/h4-8,11H,9-10,23H2,1-3H3/t11-/m0/s1. The predicted octanol–water partition coefficient (Wildman–Crippen LogP) is 4.44. The number of hydrogen-bond donors (Lipinski definition) is 1. The van der Waals surface area contributed by atoms with Gasteiger partial charge in [0.25, 0.3) is 0 Å². The highest BCUT2D eigenvalue weighted by Crippen LogP contribution is 2.29. The predicted molar refractivity (Wildman–Crippen MR) is 90.0 cm³/mol. The molecular formula is C18H21F4N3O. The smallest absolute Gasteiger partial charge is 0.451 e. The van der Waals surface area contributed by atoms with E-state index in [-0.39, 0.29) is 35.1 Å². The molecule has 1 heterocycles. The van der Waals surface area contributed by atoms with Gasteiger partial charge in [0.05, 0.1) is 12.3 Å². The lowest BCUT2D eigenvalue weighted by molar-refractivity contribution is -0.144. The van der Waals surface area contributed by atoms with Crippen LogP contribution >= 0.6 is 0 Å². The minimum absolute atomic E-state index is 0.0176. The fourth-order valence-electron chi connectivity index (χ4n) is 2.62. The van der Waals surface area contributed by atoms with Gasteiger partial charge in [-0.25, -0.2) is 14.4 Å². The van der Waals surface area contributed by atoms with Crippen LogP contribution in [0.4, 0.5) is 17.6 Å². The molecule has 0 aliphatic rings. The van der Waals surface area contributed by atoms with Crippen LogP contribution in [0, 0.1) is 11.7 Å². The van der Waals surface area contributed by atoms with Crippen LogP contribution in [0.5, 0.6) is 5.75 Å². The summed E-state index contributed by atoms with van der Waals surface area (Å²) in [4.78, 5) is 6.63. The van der Waals surface area contributed by atoms with Gasteiger partial charge in [-0.1, -0.05) is 6.92 Å². The normalized spacial score (nSPS) is 13.5. The topological polar surface area (TPSA) is 61.0 Å². The highest BCUT2D eigenvalue weighted by atomic mass is 19.4. The molecule has 26 heavy (non-hydrogen) atoms. The molecule has 0 fully saturated rings. The number of nitrogens with zero attached hydrogens (tertiary/aromatic N) is 2. The minimum Gasteiger partial charge on any atom is -0.490 e. The average Bonchev–Trinajstić information content (AvgIpc) is 2.51. The first kappa shape index (κ1) is 20.1. The largest absolute Gasteiger partial charge is 0.490 e. The van der Waals surface area contributed by atoms with E-state index < -0.39 is 17.8 Å². The minimum atomic E-state index is -4.66. The van der Waals surface area contributed by atoms with Gasteiger partial charge in [-0.2, -0.15) is 13.2 Å². The van der Waals surface area contributed by atoms with Gasteiger partial charge in [0, 0.05) is 17.3 Å². The van der Waals surface area contributed by atoms with E-state index in [0.717, 1.165) is 12.3 Å². The molecule has 2 N–H and O–H groups in total. The molecule has 1 aromatic carbocycles. The van der Waals surface area contributed by atoms with Gasteiger partial charge >= 0.3 is 6.18 Å². The van der Waals surface area contributed by atoms with Crippen molar-refractivity contribution in [3.05, 3.63) is 42.1 Å². The van der Waals surface area contributed by atoms with Crippen molar-refractivity contribution in [2.75, 3.05) is 6.61 Å². The van der Waals surface area contributed by atoms with Crippen molar-refractivity contribution in [2.45, 2.75) is 38.9 Å². The van der Waals surface area contributed by atoms with E-state index in [4.69, 9.17) is 10.5 Å². The van der Waals surface area contributed by atoms with E-state index in [1.165, 1.54) is 18.2 Å². The van der Waals surface area contributed by atoms with Crippen LogP contribution in [0.15, 0.2) is 30.5 Å². The van der Waals surface area contributed by atoms with Crippen LogP contribution in [0.25, 0.3) is 11.3 Å². The fourth-order valence-corrected chi connectivity index (χ4v) is 2.62.